The van der Waals surface area contributed by atoms with E-state index in [2.05, 4.69) is 11.0 Å². The average Bonchev–Trinajstić information content (AvgIpc) is 2.47. The molecule has 3 rings (SSSR count). The number of nitrogen functional groups attached to an aromatic ring is 1. The van der Waals surface area contributed by atoms with Crippen LogP contribution in [0.25, 0.3) is 0 Å². The molecule has 0 aromatic heterocycles. The first-order valence-corrected chi connectivity index (χ1v) is 6.92. The number of hydrogen-bond acceptors (Lipinski definition) is 4. The van der Waals surface area contributed by atoms with Gasteiger partial charge in [0.2, 0.25) is 0 Å². The summed E-state index contributed by atoms with van der Waals surface area (Å²) in [6.45, 7) is 3.32. The van der Waals surface area contributed by atoms with E-state index in [9.17, 15) is 10.1 Å². The first-order chi connectivity index (χ1) is 10.1. The van der Waals surface area contributed by atoms with Gasteiger partial charge in [-0.1, -0.05) is 18.2 Å². The summed E-state index contributed by atoms with van der Waals surface area (Å²) in [6.07, 6.45) is 0.865. The lowest BCUT2D eigenvalue weighted by Gasteiger charge is -2.31. The normalized spacial score (nSPS) is 13.9. The van der Waals surface area contributed by atoms with Crippen LogP contribution in [0.4, 0.5) is 17.1 Å². The fourth-order valence-electron chi connectivity index (χ4n) is 2.85. The van der Waals surface area contributed by atoms with Crippen LogP contribution in [0.2, 0.25) is 0 Å². The molecule has 0 fully saturated rings. The quantitative estimate of drug-likeness (QED) is 0.522. The molecule has 1 heterocycles. The first kappa shape index (κ1) is 13.4. The Bertz CT molecular complexity index is 713. The van der Waals surface area contributed by atoms with E-state index in [0.29, 0.717) is 5.56 Å². The number of nitro groups is 1. The molecule has 1 aliphatic heterocycles. The summed E-state index contributed by atoms with van der Waals surface area (Å²) in [6, 6.07) is 11.4. The van der Waals surface area contributed by atoms with Gasteiger partial charge in [-0.15, -0.1) is 0 Å². The van der Waals surface area contributed by atoms with Crippen molar-refractivity contribution in [1.29, 1.82) is 0 Å². The highest BCUT2D eigenvalue weighted by Gasteiger charge is 2.20. The van der Waals surface area contributed by atoms with Crippen molar-refractivity contribution in [3.63, 3.8) is 0 Å². The lowest BCUT2D eigenvalue weighted by molar-refractivity contribution is -0.385. The third kappa shape index (κ3) is 2.42. The molecule has 2 N–H and O–H groups in total. The third-order valence-electron chi connectivity index (χ3n) is 4.06. The number of fused-ring (bicyclic) bond motifs is 1. The second-order valence-electron chi connectivity index (χ2n) is 5.38. The number of nitrogens with two attached hydrogens (primary N) is 1. The van der Waals surface area contributed by atoms with Crippen LogP contribution in [-0.4, -0.2) is 11.5 Å². The van der Waals surface area contributed by atoms with Crippen LogP contribution in [0.3, 0.4) is 0 Å². The Kier molecular flexibility index (Phi) is 3.25. The predicted octanol–water partition coefficient (Wildman–Crippen LogP) is 3.05. The summed E-state index contributed by atoms with van der Waals surface area (Å²) < 4.78 is 0. The molecule has 2 aromatic rings. The topological polar surface area (TPSA) is 72.4 Å². The molecule has 108 valence electrons. The second kappa shape index (κ2) is 5.09. The molecule has 0 aliphatic carbocycles. The van der Waals surface area contributed by atoms with E-state index in [0.717, 1.165) is 30.9 Å². The van der Waals surface area contributed by atoms with Crippen LogP contribution in [0.15, 0.2) is 36.4 Å². The van der Waals surface area contributed by atoms with E-state index in [1.54, 1.807) is 13.0 Å². The van der Waals surface area contributed by atoms with Gasteiger partial charge in [0.15, 0.2) is 0 Å². The molecule has 1 aliphatic rings. The number of nitrogens with zero attached hydrogens (tertiary/aromatic N) is 2. The van der Waals surface area contributed by atoms with Gasteiger partial charge < -0.3 is 10.6 Å². The number of nitro benzene ring substituents is 1. The summed E-state index contributed by atoms with van der Waals surface area (Å²) in [5, 5.41) is 11.1. The fraction of sp³-hybridized carbons (Fsp3) is 0.250. The Hall–Kier alpha value is -2.56. The highest BCUT2D eigenvalue weighted by Crippen LogP contribution is 2.30. The zero-order chi connectivity index (χ0) is 15.0. The van der Waals surface area contributed by atoms with Gasteiger partial charge in [-0.25, -0.2) is 0 Å². The van der Waals surface area contributed by atoms with Crippen molar-refractivity contribution >= 4 is 17.1 Å². The van der Waals surface area contributed by atoms with E-state index >= 15 is 0 Å². The van der Waals surface area contributed by atoms with Crippen molar-refractivity contribution in [1.82, 2.24) is 0 Å². The largest absolute Gasteiger partial charge is 0.398 e. The standard InChI is InChI=1S/C16H17N3O2/c1-11-5-6-13(9-16(11)19(20)21)18-8-7-14-12(10-18)3-2-4-15(14)17/h2-6,9H,7-8,10,17H2,1H3. The van der Waals surface area contributed by atoms with E-state index < -0.39 is 0 Å². The van der Waals surface area contributed by atoms with Crippen LogP contribution in [0, 0.1) is 17.0 Å². The Morgan fingerprint density at radius 1 is 1.29 bits per heavy atom. The molecular weight excluding hydrogens is 266 g/mol. The van der Waals surface area contributed by atoms with Gasteiger partial charge >= 0.3 is 0 Å². The predicted molar refractivity (Wildman–Crippen MR) is 83.4 cm³/mol. The maximum Gasteiger partial charge on any atom is 0.274 e. The van der Waals surface area contributed by atoms with Crippen LogP contribution < -0.4 is 10.6 Å². The molecular formula is C16H17N3O2. The molecule has 0 radical (unpaired) electrons. The Morgan fingerprint density at radius 3 is 2.86 bits per heavy atom. The molecule has 0 saturated carbocycles. The zero-order valence-electron chi connectivity index (χ0n) is 11.9. The van der Waals surface area contributed by atoms with Crippen LogP contribution >= 0.6 is 0 Å². The van der Waals surface area contributed by atoms with Gasteiger partial charge in [0.05, 0.1) is 4.92 Å². The van der Waals surface area contributed by atoms with Gasteiger partial charge in [-0.2, -0.15) is 0 Å². The van der Waals surface area contributed by atoms with Gasteiger partial charge in [-0.3, -0.25) is 10.1 Å². The zero-order valence-corrected chi connectivity index (χ0v) is 11.9. The molecule has 21 heavy (non-hydrogen) atoms. The van der Waals surface area contributed by atoms with Crippen molar-refractivity contribution in [2.75, 3.05) is 17.2 Å². The fourth-order valence-corrected chi connectivity index (χ4v) is 2.85. The van der Waals surface area contributed by atoms with Crippen molar-refractivity contribution in [3.8, 4) is 0 Å². The molecule has 0 spiro atoms. The summed E-state index contributed by atoms with van der Waals surface area (Å²) in [5.41, 5.74) is 11.0. The van der Waals surface area contributed by atoms with Crippen molar-refractivity contribution < 1.29 is 4.92 Å². The highest BCUT2D eigenvalue weighted by molar-refractivity contribution is 5.60. The number of hydrogen-bond donors (Lipinski definition) is 1. The smallest absolute Gasteiger partial charge is 0.274 e. The maximum atomic E-state index is 11.1. The van der Waals surface area contributed by atoms with E-state index in [1.165, 1.54) is 11.1 Å². The summed E-state index contributed by atoms with van der Waals surface area (Å²) >= 11 is 0. The molecule has 0 atom stereocenters. The van der Waals surface area contributed by atoms with E-state index in [1.807, 2.05) is 24.3 Å². The Balaban J connectivity index is 1.93. The van der Waals surface area contributed by atoms with Crippen molar-refractivity contribution in [2.45, 2.75) is 19.9 Å². The van der Waals surface area contributed by atoms with Gasteiger partial charge in [-0.05, 0) is 36.6 Å². The molecule has 0 amide bonds. The van der Waals surface area contributed by atoms with Crippen molar-refractivity contribution in [3.05, 3.63) is 63.2 Å². The monoisotopic (exact) mass is 283 g/mol. The van der Waals surface area contributed by atoms with E-state index in [-0.39, 0.29) is 10.6 Å². The average molecular weight is 283 g/mol. The van der Waals surface area contributed by atoms with Crippen molar-refractivity contribution in [2.24, 2.45) is 0 Å². The van der Waals surface area contributed by atoms with E-state index in [4.69, 9.17) is 5.73 Å². The molecule has 2 aromatic carbocycles. The van der Waals surface area contributed by atoms with Gasteiger partial charge in [0.25, 0.3) is 5.69 Å². The highest BCUT2D eigenvalue weighted by atomic mass is 16.6. The summed E-state index contributed by atoms with van der Waals surface area (Å²) in [7, 11) is 0. The third-order valence-corrected chi connectivity index (χ3v) is 4.06. The van der Waals surface area contributed by atoms with Crippen LogP contribution in [0.5, 0.6) is 0 Å². The number of benzene rings is 2. The van der Waals surface area contributed by atoms with Gasteiger partial charge in [0, 0.05) is 36.1 Å². The van der Waals surface area contributed by atoms with Crippen LogP contribution in [-0.2, 0) is 13.0 Å². The lowest BCUT2D eigenvalue weighted by Crippen LogP contribution is -2.30. The molecule has 0 bridgehead atoms. The second-order valence-corrected chi connectivity index (χ2v) is 5.38. The SMILES string of the molecule is Cc1ccc(N2CCc3c(N)cccc3C2)cc1[N+](=O)[O-]. The van der Waals surface area contributed by atoms with Crippen LogP contribution in [0.1, 0.15) is 16.7 Å². The summed E-state index contributed by atoms with van der Waals surface area (Å²) in [5.74, 6) is 0. The minimum atomic E-state index is -0.325. The maximum absolute atomic E-state index is 11.1. The first-order valence-electron chi connectivity index (χ1n) is 6.92. The molecule has 0 unspecified atom stereocenters. The Morgan fingerprint density at radius 2 is 2.10 bits per heavy atom. The minimum Gasteiger partial charge on any atom is -0.398 e. The molecule has 5 heteroatoms. The number of anilines is 2. The van der Waals surface area contributed by atoms with Gasteiger partial charge in [0.1, 0.15) is 0 Å². The summed E-state index contributed by atoms with van der Waals surface area (Å²) in [4.78, 5) is 12.9. The molecule has 5 nitrogen and oxygen atoms in total. The lowest BCUT2D eigenvalue weighted by atomic mass is 9.97. The number of rotatable bonds is 2. The molecule has 0 saturated heterocycles. The minimum absolute atomic E-state index is 0.172. The Labute approximate surface area is 123 Å². The number of aryl methyl sites for hydroxylation is 1.